The van der Waals surface area contributed by atoms with E-state index in [-0.39, 0.29) is 0 Å². The van der Waals surface area contributed by atoms with Gasteiger partial charge in [-0.2, -0.15) is 0 Å². The monoisotopic (exact) mass is 166 g/mol. The first-order chi connectivity index (χ1) is 5.63. The summed E-state index contributed by atoms with van der Waals surface area (Å²) >= 11 is 0. The van der Waals surface area contributed by atoms with Gasteiger partial charge in [0.15, 0.2) is 0 Å². The van der Waals surface area contributed by atoms with Gasteiger partial charge in [0, 0.05) is 5.56 Å². The Balaban J connectivity index is 3.21. The molecule has 0 aromatic heterocycles. The van der Waals surface area contributed by atoms with Gasteiger partial charge in [-0.05, 0) is 12.5 Å². The number of hydrogen-bond acceptors (Lipinski definition) is 3. The second-order valence-electron chi connectivity index (χ2n) is 2.49. The van der Waals surface area contributed by atoms with Crippen LogP contribution in [0.1, 0.15) is 11.1 Å². The quantitative estimate of drug-likeness (QED) is 0.561. The molecule has 0 heterocycles. The first kappa shape index (κ1) is 8.46. The van der Waals surface area contributed by atoms with Crippen molar-refractivity contribution in [2.24, 2.45) is 0 Å². The highest BCUT2D eigenvalue weighted by molar-refractivity contribution is 5.61. The summed E-state index contributed by atoms with van der Waals surface area (Å²) in [5.41, 5.74) is 1.22. The SMILES string of the molecule is Cc1ccccc1C(O)=C(O)O. The standard InChI is InChI=1S/C9H10O3/c1-6-4-2-3-5-7(6)8(10)9(11)12/h2-5,10-12H,1H3. The maximum absolute atomic E-state index is 9.16. The third-order valence-corrected chi connectivity index (χ3v) is 1.61. The topological polar surface area (TPSA) is 60.7 Å². The fraction of sp³-hybridized carbons (Fsp3) is 0.111. The van der Waals surface area contributed by atoms with Crippen LogP contribution in [0.5, 0.6) is 0 Å². The molecule has 0 fully saturated rings. The van der Waals surface area contributed by atoms with Crippen molar-refractivity contribution >= 4 is 5.76 Å². The molecule has 3 nitrogen and oxygen atoms in total. The largest absolute Gasteiger partial charge is 0.502 e. The Morgan fingerprint density at radius 2 is 1.67 bits per heavy atom. The van der Waals surface area contributed by atoms with Crippen LogP contribution in [-0.4, -0.2) is 15.3 Å². The second kappa shape index (κ2) is 3.17. The van der Waals surface area contributed by atoms with E-state index in [9.17, 15) is 0 Å². The lowest BCUT2D eigenvalue weighted by atomic mass is 10.1. The first-order valence-electron chi connectivity index (χ1n) is 3.50. The van der Waals surface area contributed by atoms with Gasteiger partial charge in [-0.3, -0.25) is 0 Å². The van der Waals surface area contributed by atoms with E-state index in [4.69, 9.17) is 15.3 Å². The Morgan fingerprint density at radius 3 is 2.17 bits per heavy atom. The molecule has 0 unspecified atom stereocenters. The fourth-order valence-electron chi connectivity index (χ4n) is 0.959. The third-order valence-electron chi connectivity index (χ3n) is 1.61. The minimum atomic E-state index is -1.05. The second-order valence-corrected chi connectivity index (χ2v) is 2.49. The number of aliphatic hydroxyl groups excluding tert-OH is 2. The molecule has 0 saturated carbocycles. The average molecular weight is 166 g/mol. The third kappa shape index (κ3) is 1.50. The molecule has 0 saturated heterocycles. The van der Waals surface area contributed by atoms with E-state index in [1.54, 1.807) is 31.2 Å². The molecule has 0 spiro atoms. The van der Waals surface area contributed by atoms with Crippen molar-refractivity contribution in [3.8, 4) is 0 Å². The molecular formula is C9H10O3. The number of rotatable bonds is 1. The zero-order chi connectivity index (χ0) is 9.14. The highest BCUT2D eigenvalue weighted by Crippen LogP contribution is 2.16. The van der Waals surface area contributed by atoms with E-state index in [1.165, 1.54) is 0 Å². The molecule has 0 atom stereocenters. The van der Waals surface area contributed by atoms with Crippen molar-refractivity contribution in [2.45, 2.75) is 6.92 Å². The van der Waals surface area contributed by atoms with Gasteiger partial charge in [-0.15, -0.1) is 0 Å². The van der Waals surface area contributed by atoms with Gasteiger partial charge < -0.3 is 15.3 Å². The molecule has 1 aromatic rings. The molecule has 12 heavy (non-hydrogen) atoms. The zero-order valence-electron chi connectivity index (χ0n) is 6.65. The molecule has 1 aromatic carbocycles. The van der Waals surface area contributed by atoms with Crippen LogP contribution in [-0.2, 0) is 0 Å². The number of aryl methyl sites for hydroxylation is 1. The summed E-state index contributed by atoms with van der Waals surface area (Å²) in [5, 5.41) is 26.3. The Bertz CT molecular complexity index is 311. The summed E-state index contributed by atoms with van der Waals surface area (Å²) in [5.74, 6) is -1.54. The van der Waals surface area contributed by atoms with E-state index in [0.717, 1.165) is 5.56 Å². The molecule has 64 valence electrons. The van der Waals surface area contributed by atoms with Gasteiger partial charge in [0.2, 0.25) is 5.76 Å². The number of hydrogen-bond donors (Lipinski definition) is 3. The minimum Gasteiger partial charge on any atom is -0.502 e. The first-order valence-corrected chi connectivity index (χ1v) is 3.50. The van der Waals surface area contributed by atoms with E-state index >= 15 is 0 Å². The molecule has 0 aliphatic heterocycles. The maximum Gasteiger partial charge on any atom is 0.318 e. The molecule has 0 aliphatic rings. The molecule has 3 heteroatoms. The van der Waals surface area contributed by atoms with Crippen LogP contribution < -0.4 is 0 Å². The zero-order valence-corrected chi connectivity index (χ0v) is 6.65. The smallest absolute Gasteiger partial charge is 0.318 e. The van der Waals surface area contributed by atoms with Crippen molar-refractivity contribution < 1.29 is 15.3 Å². The Kier molecular flexibility index (Phi) is 2.24. The van der Waals surface area contributed by atoms with E-state index in [1.807, 2.05) is 0 Å². The van der Waals surface area contributed by atoms with Gasteiger partial charge in [0.05, 0.1) is 0 Å². The van der Waals surface area contributed by atoms with Crippen molar-refractivity contribution in [3.63, 3.8) is 0 Å². The summed E-state index contributed by atoms with van der Waals surface area (Å²) in [7, 11) is 0. The predicted octanol–water partition coefficient (Wildman–Crippen LogP) is 2.30. The Morgan fingerprint density at radius 1 is 1.08 bits per heavy atom. The van der Waals surface area contributed by atoms with Crippen molar-refractivity contribution in [3.05, 3.63) is 41.3 Å². The van der Waals surface area contributed by atoms with Crippen LogP contribution >= 0.6 is 0 Å². The van der Waals surface area contributed by atoms with E-state index in [2.05, 4.69) is 0 Å². The Labute approximate surface area is 70.2 Å². The van der Waals surface area contributed by atoms with Gasteiger partial charge in [0.1, 0.15) is 0 Å². The summed E-state index contributed by atoms with van der Waals surface area (Å²) in [6.07, 6.45) is 0. The number of aliphatic hydroxyl groups is 3. The van der Waals surface area contributed by atoms with E-state index in [0.29, 0.717) is 5.56 Å². The lowest BCUT2D eigenvalue weighted by molar-refractivity contribution is 0.181. The lowest BCUT2D eigenvalue weighted by Gasteiger charge is -2.02. The Hall–Kier alpha value is -1.64. The van der Waals surface area contributed by atoms with Crippen LogP contribution in [0.3, 0.4) is 0 Å². The van der Waals surface area contributed by atoms with Crippen LogP contribution in [0.15, 0.2) is 30.2 Å². The number of benzene rings is 1. The van der Waals surface area contributed by atoms with Gasteiger partial charge in [-0.1, -0.05) is 24.3 Å². The van der Waals surface area contributed by atoms with Gasteiger partial charge in [-0.25, -0.2) is 0 Å². The molecule has 0 bridgehead atoms. The van der Waals surface area contributed by atoms with Crippen molar-refractivity contribution in [1.82, 2.24) is 0 Å². The molecular weight excluding hydrogens is 156 g/mol. The van der Waals surface area contributed by atoms with Crippen LogP contribution in [0.4, 0.5) is 0 Å². The highest BCUT2D eigenvalue weighted by Gasteiger charge is 2.06. The van der Waals surface area contributed by atoms with Crippen LogP contribution in [0.25, 0.3) is 5.76 Å². The summed E-state index contributed by atoms with van der Waals surface area (Å²) < 4.78 is 0. The van der Waals surface area contributed by atoms with Gasteiger partial charge >= 0.3 is 5.95 Å². The summed E-state index contributed by atoms with van der Waals surface area (Å²) in [6, 6.07) is 6.90. The highest BCUT2D eigenvalue weighted by atomic mass is 16.5. The van der Waals surface area contributed by atoms with Crippen molar-refractivity contribution in [2.75, 3.05) is 0 Å². The fourth-order valence-corrected chi connectivity index (χ4v) is 0.959. The maximum atomic E-state index is 9.16. The van der Waals surface area contributed by atoms with Crippen molar-refractivity contribution in [1.29, 1.82) is 0 Å². The lowest BCUT2D eigenvalue weighted by Crippen LogP contribution is -1.92. The molecule has 3 N–H and O–H groups in total. The minimum absolute atomic E-state index is 0.428. The molecule has 0 aliphatic carbocycles. The molecule has 1 rings (SSSR count). The summed E-state index contributed by atoms with van der Waals surface area (Å²) in [4.78, 5) is 0. The normalized spacial score (nSPS) is 9.42. The van der Waals surface area contributed by atoms with Gasteiger partial charge in [0.25, 0.3) is 0 Å². The molecule has 0 radical (unpaired) electrons. The molecule has 0 amide bonds. The van der Waals surface area contributed by atoms with Crippen LogP contribution in [0, 0.1) is 6.92 Å². The van der Waals surface area contributed by atoms with Crippen LogP contribution in [0.2, 0.25) is 0 Å². The average Bonchev–Trinajstić information content (AvgIpc) is 2.04. The summed E-state index contributed by atoms with van der Waals surface area (Å²) in [6.45, 7) is 1.77. The van der Waals surface area contributed by atoms with E-state index < -0.39 is 11.7 Å². The predicted molar refractivity (Wildman–Crippen MR) is 46.0 cm³/mol.